The Morgan fingerprint density at radius 2 is 2.33 bits per heavy atom. The topological polar surface area (TPSA) is 100 Å². The van der Waals surface area contributed by atoms with Crippen LogP contribution in [-0.4, -0.2) is 21.3 Å². The molecule has 0 aliphatic carbocycles. The number of aromatic nitrogens is 3. The van der Waals surface area contributed by atoms with E-state index in [9.17, 15) is 4.79 Å². The smallest absolute Gasteiger partial charge is 0.330 e. The van der Waals surface area contributed by atoms with Crippen molar-refractivity contribution in [2.24, 2.45) is 5.73 Å². The van der Waals surface area contributed by atoms with Gasteiger partial charge in [-0.05, 0) is 31.2 Å². The van der Waals surface area contributed by atoms with Gasteiger partial charge in [-0.25, -0.2) is 14.5 Å². The summed E-state index contributed by atoms with van der Waals surface area (Å²) in [5.74, 6) is 0.625. The number of nitriles is 1. The van der Waals surface area contributed by atoms with Crippen LogP contribution in [0, 0.1) is 11.3 Å². The third kappa shape index (κ3) is 2.31. The number of aryl methyl sites for hydroxylation is 1. The Hall–Kier alpha value is -2.39. The van der Waals surface area contributed by atoms with Crippen molar-refractivity contribution >= 4 is 0 Å². The molecule has 0 radical (unpaired) electrons. The van der Waals surface area contributed by atoms with Gasteiger partial charge in [0.05, 0.1) is 17.3 Å². The first-order chi connectivity index (χ1) is 8.76. The molecule has 18 heavy (non-hydrogen) atoms. The average Bonchev–Trinajstić information content (AvgIpc) is 2.77. The first-order valence-corrected chi connectivity index (χ1v) is 5.63. The number of H-pyrrole nitrogens is 1. The number of nitrogens with two attached hydrogens (primary N) is 1. The molecule has 0 aliphatic rings. The van der Waals surface area contributed by atoms with Crippen molar-refractivity contribution in [1.29, 1.82) is 5.26 Å². The summed E-state index contributed by atoms with van der Waals surface area (Å²) >= 11 is 0. The van der Waals surface area contributed by atoms with Gasteiger partial charge in [-0.2, -0.15) is 10.4 Å². The molecule has 0 amide bonds. The molecule has 1 aromatic carbocycles. The number of rotatable bonds is 4. The second-order valence-electron chi connectivity index (χ2n) is 3.83. The SMILES string of the molecule is N#Cc1cccc(-n2c(CCCN)n[nH]c2=O)c1. The van der Waals surface area contributed by atoms with Gasteiger partial charge in [-0.15, -0.1) is 0 Å². The zero-order chi connectivity index (χ0) is 13.0. The van der Waals surface area contributed by atoms with E-state index in [1.165, 1.54) is 4.57 Å². The molecule has 0 aliphatic heterocycles. The highest BCUT2D eigenvalue weighted by molar-refractivity contribution is 5.41. The lowest BCUT2D eigenvalue weighted by molar-refractivity contribution is 0.757. The van der Waals surface area contributed by atoms with Crippen molar-refractivity contribution in [3.05, 3.63) is 46.1 Å². The summed E-state index contributed by atoms with van der Waals surface area (Å²) in [5, 5.41) is 15.3. The van der Waals surface area contributed by atoms with Gasteiger partial charge in [0.1, 0.15) is 5.82 Å². The van der Waals surface area contributed by atoms with Crippen LogP contribution in [0.25, 0.3) is 5.69 Å². The second-order valence-corrected chi connectivity index (χ2v) is 3.83. The van der Waals surface area contributed by atoms with E-state index in [1.807, 2.05) is 6.07 Å². The fourth-order valence-corrected chi connectivity index (χ4v) is 1.74. The number of aromatic amines is 1. The zero-order valence-electron chi connectivity index (χ0n) is 9.76. The molecule has 3 N–H and O–H groups in total. The quantitative estimate of drug-likeness (QED) is 0.807. The Morgan fingerprint density at radius 3 is 3.06 bits per heavy atom. The lowest BCUT2D eigenvalue weighted by Crippen LogP contribution is -2.17. The van der Waals surface area contributed by atoms with Crippen LogP contribution in [-0.2, 0) is 6.42 Å². The molecule has 2 rings (SSSR count). The summed E-state index contributed by atoms with van der Waals surface area (Å²) in [7, 11) is 0. The van der Waals surface area contributed by atoms with Gasteiger partial charge in [0.25, 0.3) is 0 Å². The normalized spacial score (nSPS) is 10.2. The molecule has 0 atom stereocenters. The molecular formula is C12H13N5O. The van der Waals surface area contributed by atoms with Gasteiger partial charge in [-0.1, -0.05) is 6.07 Å². The number of nitrogens with one attached hydrogen (secondary N) is 1. The van der Waals surface area contributed by atoms with Crippen LogP contribution in [0.5, 0.6) is 0 Å². The van der Waals surface area contributed by atoms with Crippen LogP contribution in [0.3, 0.4) is 0 Å². The highest BCUT2D eigenvalue weighted by Gasteiger charge is 2.10. The van der Waals surface area contributed by atoms with Gasteiger partial charge >= 0.3 is 5.69 Å². The first kappa shape index (κ1) is 12.1. The Morgan fingerprint density at radius 1 is 1.50 bits per heavy atom. The Balaban J connectivity index is 2.46. The largest absolute Gasteiger partial charge is 0.347 e. The van der Waals surface area contributed by atoms with Gasteiger partial charge in [0.15, 0.2) is 0 Å². The summed E-state index contributed by atoms with van der Waals surface area (Å²) in [6.07, 6.45) is 1.37. The summed E-state index contributed by atoms with van der Waals surface area (Å²) in [6.45, 7) is 0.541. The molecule has 2 aromatic rings. The Kier molecular flexibility index (Phi) is 3.55. The van der Waals surface area contributed by atoms with Crippen molar-refractivity contribution in [2.45, 2.75) is 12.8 Å². The lowest BCUT2D eigenvalue weighted by Gasteiger charge is -2.05. The molecule has 0 saturated heterocycles. The fourth-order valence-electron chi connectivity index (χ4n) is 1.74. The highest BCUT2D eigenvalue weighted by Crippen LogP contribution is 2.10. The van der Waals surface area contributed by atoms with Crippen molar-refractivity contribution in [3.63, 3.8) is 0 Å². The molecule has 92 valence electrons. The number of hydrogen-bond acceptors (Lipinski definition) is 4. The molecule has 1 aromatic heterocycles. The van der Waals surface area contributed by atoms with E-state index in [0.717, 1.165) is 6.42 Å². The average molecular weight is 243 g/mol. The van der Waals surface area contributed by atoms with E-state index in [0.29, 0.717) is 30.0 Å². The van der Waals surface area contributed by atoms with E-state index in [2.05, 4.69) is 10.2 Å². The fraction of sp³-hybridized carbons (Fsp3) is 0.250. The van der Waals surface area contributed by atoms with Gasteiger partial charge in [-0.3, -0.25) is 0 Å². The van der Waals surface area contributed by atoms with Crippen molar-refractivity contribution in [3.8, 4) is 11.8 Å². The summed E-state index contributed by atoms with van der Waals surface area (Å²) in [6, 6.07) is 8.89. The third-order valence-corrected chi connectivity index (χ3v) is 2.58. The first-order valence-electron chi connectivity index (χ1n) is 5.63. The van der Waals surface area contributed by atoms with Crippen LogP contribution in [0.15, 0.2) is 29.1 Å². The molecular weight excluding hydrogens is 230 g/mol. The third-order valence-electron chi connectivity index (χ3n) is 2.58. The highest BCUT2D eigenvalue weighted by atomic mass is 16.1. The summed E-state index contributed by atoms with van der Waals surface area (Å²) in [5.41, 5.74) is 6.28. The molecule has 0 saturated carbocycles. The van der Waals surface area contributed by atoms with Crippen molar-refractivity contribution < 1.29 is 0 Å². The number of benzene rings is 1. The monoisotopic (exact) mass is 243 g/mol. The molecule has 0 bridgehead atoms. The molecule has 0 spiro atoms. The van der Waals surface area contributed by atoms with Gasteiger partial charge in [0.2, 0.25) is 0 Å². The zero-order valence-corrected chi connectivity index (χ0v) is 9.76. The maximum absolute atomic E-state index is 11.7. The molecule has 6 heteroatoms. The molecule has 0 fully saturated rings. The number of hydrogen-bond donors (Lipinski definition) is 2. The Labute approximate surface area is 104 Å². The number of nitrogens with zero attached hydrogens (tertiary/aromatic N) is 3. The van der Waals surface area contributed by atoms with E-state index in [-0.39, 0.29) is 5.69 Å². The van der Waals surface area contributed by atoms with Crippen LogP contribution >= 0.6 is 0 Å². The summed E-state index contributed by atoms with van der Waals surface area (Å²) in [4.78, 5) is 11.7. The molecule has 1 heterocycles. The van der Waals surface area contributed by atoms with Crippen molar-refractivity contribution in [1.82, 2.24) is 14.8 Å². The Bertz CT molecular complexity index is 634. The van der Waals surface area contributed by atoms with Crippen LogP contribution < -0.4 is 11.4 Å². The predicted molar refractivity (Wildman–Crippen MR) is 66.3 cm³/mol. The standard InChI is InChI=1S/C12H13N5O/c13-6-2-5-11-15-16-12(18)17(11)10-4-1-3-9(7-10)8-14/h1,3-4,7H,2,5-6,13H2,(H,16,18). The van der Waals surface area contributed by atoms with E-state index < -0.39 is 0 Å². The van der Waals surface area contributed by atoms with Crippen molar-refractivity contribution in [2.75, 3.05) is 6.54 Å². The molecule has 6 nitrogen and oxygen atoms in total. The minimum absolute atomic E-state index is 0.308. The maximum Gasteiger partial charge on any atom is 0.347 e. The van der Waals surface area contributed by atoms with E-state index >= 15 is 0 Å². The second kappa shape index (κ2) is 5.29. The van der Waals surface area contributed by atoms with E-state index in [4.69, 9.17) is 11.0 Å². The summed E-state index contributed by atoms with van der Waals surface area (Å²) < 4.78 is 1.47. The van der Waals surface area contributed by atoms with Gasteiger partial charge < -0.3 is 5.73 Å². The minimum atomic E-state index is -0.308. The van der Waals surface area contributed by atoms with Crippen LogP contribution in [0.4, 0.5) is 0 Å². The lowest BCUT2D eigenvalue weighted by atomic mass is 10.2. The maximum atomic E-state index is 11.7. The minimum Gasteiger partial charge on any atom is -0.330 e. The van der Waals surface area contributed by atoms with Crippen LogP contribution in [0.1, 0.15) is 17.8 Å². The van der Waals surface area contributed by atoms with Gasteiger partial charge in [0, 0.05) is 6.42 Å². The predicted octanol–water partition coefficient (Wildman–Crippen LogP) is 0.324. The van der Waals surface area contributed by atoms with E-state index in [1.54, 1.807) is 24.3 Å². The molecule has 0 unspecified atom stereocenters. The van der Waals surface area contributed by atoms with Crippen LogP contribution in [0.2, 0.25) is 0 Å².